The number of halogens is 3. The minimum Gasteiger partial charge on any atom is -0.368 e. The second-order valence-electron chi connectivity index (χ2n) is 7.57. The first kappa shape index (κ1) is 21.3. The maximum Gasteiger partial charge on any atom is 0.416 e. The molecular formula is C20H23F3N2O4. The van der Waals surface area contributed by atoms with Gasteiger partial charge in [0, 0.05) is 25.1 Å². The van der Waals surface area contributed by atoms with E-state index in [1.54, 1.807) is 4.90 Å². The number of rotatable bonds is 6. The first-order valence-electron chi connectivity index (χ1n) is 9.56. The highest BCUT2D eigenvalue weighted by molar-refractivity contribution is 5.94. The van der Waals surface area contributed by atoms with Crippen LogP contribution in [0, 0.1) is 5.92 Å². The monoisotopic (exact) mass is 412 g/mol. The van der Waals surface area contributed by atoms with Crippen LogP contribution in [0.15, 0.2) is 24.3 Å². The van der Waals surface area contributed by atoms with Crippen molar-refractivity contribution in [1.29, 1.82) is 0 Å². The number of hydrogen-bond acceptors (Lipinski definition) is 4. The van der Waals surface area contributed by atoms with E-state index in [1.807, 2.05) is 6.92 Å². The Morgan fingerprint density at radius 3 is 2.62 bits per heavy atom. The third-order valence-electron chi connectivity index (χ3n) is 5.35. The van der Waals surface area contributed by atoms with Crippen LogP contribution >= 0.6 is 0 Å². The van der Waals surface area contributed by atoms with Crippen molar-refractivity contribution in [2.24, 2.45) is 5.92 Å². The molecule has 0 radical (unpaired) electrons. The van der Waals surface area contributed by atoms with Gasteiger partial charge >= 0.3 is 6.18 Å². The summed E-state index contributed by atoms with van der Waals surface area (Å²) in [6, 6.07) is 3.54. The van der Waals surface area contributed by atoms with Crippen molar-refractivity contribution < 1.29 is 32.3 Å². The fraction of sp³-hybridized carbons (Fsp3) is 0.550. The van der Waals surface area contributed by atoms with Crippen LogP contribution < -0.4 is 5.32 Å². The molecule has 2 heterocycles. The third kappa shape index (κ3) is 4.95. The van der Waals surface area contributed by atoms with Crippen LogP contribution in [0.2, 0.25) is 0 Å². The molecule has 0 aromatic heterocycles. The molecule has 3 rings (SSSR count). The predicted molar refractivity (Wildman–Crippen MR) is 97.0 cm³/mol. The lowest BCUT2D eigenvalue weighted by molar-refractivity contribution is -0.137. The number of hydrogen-bond donors (Lipinski definition) is 1. The fourth-order valence-electron chi connectivity index (χ4n) is 3.74. The van der Waals surface area contributed by atoms with Gasteiger partial charge < -0.3 is 15.0 Å². The first-order chi connectivity index (χ1) is 13.7. The van der Waals surface area contributed by atoms with Crippen LogP contribution in [-0.2, 0) is 20.5 Å². The zero-order valence-corrected chi connectivity index (χ0v) is 16.0. The normalized spacial score (nSPS) is 22.5. The van der Waals surface area contributed by atoms with E-state index in [4.69, 9.17) is 4.74 Å². The van der Waals surface area contributed by atoms with Gasteiger partial charge in [0.15, 0.2) is 5.78 Å². The van der Waals surface area contributed by atoms with Crippen LogP contribution in [0.1, 0.15) is 42.1 Å². The van der Waals surface area contributed by atoms with Gasteiger partial charge in [-0.15, -0.1) is 0 Å². The fourth-order valence-corrected chi connectivity index (χ4v) is 3.74. The topological polar surface area (TPSA) is 75.7 Å². The molecule has 0 bridgehead atoms. The van der Waals surface area contributed by atoms with E-state index < -0.39 is 23.7 Å². The van der Waals surface area contributed by atoms with E-state index >= 15 is 0 Å². The number of benzene rings is 1. The van der Waals surface area contributed by atoms with Gasteiger partial charge in [0.1, 0.15) is 12.6 Å². The Kier molecular flexibility index (Phi) is 6.26. The Balaban J connectivity index is 1.42. The van der Waals surface area contributed by atoms with Crippen molar-refractivity contribution in [3.8, 4) is 0 Å². The van der Waals surface area contributed by atoms with E-state index in [2.05, 4.69) is 5.32 Å². The van der Waals surface area contributed by atoms with Crippen molar-refractivity contribution in [3.05, 3.63) is 35.4 Å². The first-order valence-corrected chi connectivity index (χ1v) is 9.56. The summed E-state index contributed by atoms with van der Waals surface area (Å²) in [6.07, 6.45) is -3.18. The van der Waals surface area contributed by atoms with Crippen LogP contribution in [0.25, 0.3) is 0 Å². The zero-order chi connectivity index (χ0) is 21.2. The molecule has 0 saturated carbocycles. The summed E-state index contributed by atoms with van der Waals surface area (Å²) >= 11 is 0. The van der Waals surface area contributed by atoms with E-state index in [-0.39, 0.29) is 42.3 Å². The molecule has 2 aliphatic heterocycles. The second-order valence-corrected chi connectivity index (χ2v) is 7.57. The number of amides is 2. The molecule has 1 N–H and O–H groups in total. The number of ketones is 1. The number of alkyl halides is 3. The van der Waals surface area contributed by atoms with Gasteiger partial charge in [0.25, 0.3) is 5.91 Å². The Morgan fingerprint density at radius 2 is 1.97 bits per heavy atom. The standard InChI is InChI=1S/C20H23F3N2O4/c1-12(10-17(27)25-9-7-16-18(25)15(26)11-29-16)6-8-24-19(28)13-2-4-14(5-3-13)20(21,22)23/h2-5,12,16,18H,6-11H2,1H3,(H,24,28). The van der Waals surface area contributed by atoms with Gasteiger partial charge in [-0.1, -0.05) is 6.92 Å². The number of Topliss-reactive ketones (excluding diaryl/α,β-unsaturated/α-hetero) is 1. The van der Waals surface area contributed by atoms with Crippen LogP contribution in [-0.4, -0.2) is 54.3 Å². The predicted octanol–water partition coefficient (Wildman–Crippen LogP) is 2.42. The largest absolute Gasteiger partial charge is 0.416 e. The van der Waals surface area contributed by atoms with Crippen molar-refractivity contribution in [1.82, 2.24) is 10.2 Å². The lowest BCUT2D eigenvalue weighted by Crippen LogP contribution is -2.42. The quantitative estimate of drug-likeness (QED) is 0.779. The molecule has 158 valence electrons. The number of nitrogens with zero attached hydrogens (tertiary/aromatic N) is 1. The Morgan fingerprint density at radius 1 is 1.28 bits per heavy atom. The van der Waals surface area contributed by atoms with Crippen LogP contribution in [0.3, 0.4) is 0 Å². The molecule has 2 fully saturated rings. The van der Waals surface area contributed by atoms with E-state index in [1.165, 1.54) is 0 Å². The molecule has 2 amide bonds. The molecule has 2 saturated heterocycles. The zero-order valence-electron chi connectivity index (χ0n) is 16.0. The number of carbonyl (C=O) groups excluding carboxylic acids is 3. The third-order valence-corrected chi connectivity index (χ3v) is 5.35. The summed E-state index contributed by atoms with van der Waals surface area (Å²) in [4.78, 5) is 38.1. The molecule has 29 heavy (non-hydrogen) atoms. The molecule has 6 nitrogen and oxygen atoms in total. The number of ether oxygens (including phenoxy) is 1. The Bertz CT molecular complexity index is 779. The van der Waals surface area contributed by atoms with Crippen molar-refractivity contribution in [3.63, 3.8) is 0 Å². The summed E-state index contributed by atoms with van der Waals surface area (Å²) in [6.45, 7) is 2.74. The lowest BCUT2D eigenvalue weighted by Gasteiger charge is -2.23. The molecule has 0 aliphatic carbocycles. The molecule has 2 aliphatic rings. The maximum absolute atomic E-state index is 12.6. The maximum atomic E-state index is 12.6. The van der Waals surface area contributed by atoms with Crippen LogP contribution in [0.5, 0.6) is 0 Å². The average Bonchev–Trinajstić information content (AvgIpc) is 3.24. The summed E-state index contributed by atoms with van der Waals surface area (Å²) in [5.74, 6) is -0.643. The van der Waals surface area contributed by atoms with Gasteiger partial charge in [0.05, 0.1) is 11.7 Å². The van der Waals surface area contributed by atoms with E-state index in [9.17, 15) is 27.6 Å². The molecule has 1 aromatic rings. The Hall–Kier alpha value is -2.42. The van der Waals surface area contributed by atoms with E-state index in [0.717, 1.165) is 24.3 Å². The number of fused-ring (bicyclic) bond motifs is 1. The number of likely N-dealkylation sites (tertiary alicyclic amines) is 1. The summed E-state index contributed by atoms with van der Waals surface area (Å²) in [5.41, 5.74) is -0.666. The van der Waals surface area contributed by atoms with Gasteiger partial charge in [-0.2, -0.15) is 13.2 Å². The highest BCUT2D eigenvalue weighted by Crippen LogP contribution is 2.29. The minimum absolute atomic E-state index is 0.0214. The summed E-state index contributed by atoms with van der Waals surface area (Å²) in [5, 5.41) is 2.66. The molecule has 3 atom stereocenters. The van der Waals surface area contributed by atoms with Gasteiger partial charge in [-0.3, -0.25) is 14.4 Å². The second kappa shape index (κ2) is 8.52. The van der Waals surface area contributed by atoms with Gasteiger partial charge in [0.2, 0.25) is 5.91 Å². The Labute approximate surface area is 166 Å². The summed E-state index contributed by atoms with van der Waals surface area (Å²) in [7, 11) is 0. The molecule has 3 unspecified atom stereocenters. The van der Waals surface area contributed by atoms with Gasteiger partial charge in [-0.25, -0.2) is 0 Å². The van der Waals surface area contributed by atoms with Gasteiger partial charge in [-0.05, 0) is 43.0 Å². The van der Waals surface area contributed by atoms with E-state index in [0.29, 0.717) is 25.9 Å². The minimum atomic E-state index is -4.44. The van der Waals surface area contributed by atoms with Crippen molar-refractivity contribution in [2.45, 2.75) is 44.5 Å². The number of carbonyl (C=O) groups is 3. The number of nitrogens with one attached hydrogen (secondary N) is 1. The smallest absolute Gasteiger partial charge is 0.368 e. The highest BCUT2D eigenvalue weighted by Gasteiger charge is 2.46. The summed E-state index contributed by atoms with van der Waals surface area (Å²) < 4.78 is 43.1. The molecular weight excluding hydrogens is 389 g/mol. The lowest BCUT2D eigenvalue weighted by atomic mass is 10.0. The molecule has 0 spiro atoms. The molecule has 9 heteroatoms. The van der Waals surface area contributed by atoms with Crippen molar-refractivity contribution >= 4 is 17.6 Å². The average molecular weight is 412 g/mol. The molecule has 1 aromatic carbocycles. The highest BCUT2D eigenvalue weighted by atomic mass is 19.4. The van der Waals surface area contributed by atoms with Crippen LogP contribution in [0.4, 0.5) is 13.2 Å². The van der Waals surface area contributed by atoms with Crippen molar-refractivity contribution in [2.75, 3.05) is 19.7 Å². The SMILES string of the molecule is CC(CCNC(=O)c1ccc(C(F)(F)F)cc1)CC(=O)N1CCC2OCC(=O)C21.